The summed E-state index contributed by atoms with van der Waals surface area (Å²) in [4.78, 5) is 14.0. The Kier molecular flexibility index (Phi) is 4.75. The molecule has 0 radical (unpaired) electrons. The lowest BCUT2D eigenvalue weighted by Gasteiger charge is -2.26. The fraction of sp³-hybridized carbons (Fsp3) is 0.107. The predicted octanol–water partition coefficient (Wildman–Crippen LogP) is 4.97. The van der Waals surface area contributed by atoms with Crippen molar-refractivity contribution >= 4 is 5.65 Å². The van der Waals surface area contributed by atoms with E-state index in [0.717, 1.165) is 39.4 Å². The van der Waals surface area contributed by atoms with Gasteiger partial charge in [-0.25, -0.2) is 19.2 Å². The lowest BCUT2D eigenvalue weighted by Crippen LogP contribution is -2.16. The highest BCUT2D eigenvalue weighted by Crippen LogP contribution is 2.49. The number of para-hydroxylation sites is 1. The van der Waals surface area contributed by atoms with E-state index in [2.05, 4.69) is 16.0 Å². The molecule has 9 heteroatoms. The highest BCUT2D eigenvalue weighted by molar-refractivity contribution is 5.68. The summed E-state index contributed by atoms with van der Waals surface area (Å²) in [6.45, 7) is 2.00. The summed E-state index contributed by atoms with van der Waals surface area (Å²) in [6.07, 6.45) is 5.27. The molecule has 0 N–H and O–H groups in total. The number of hydrogen-bond donors (Lipinski definition) is 0. The van der Waals surface area contributed by atoms with Gasteiger partial charge in [0.2, 0.25) is 11.8 Å². The van der Waals surface area contributed by atoms with Crippen LogP contribution < -0.4 is 9.47 Å². The first-order chi connectivity index (χ1) is 18.2. The second-order valence-electron chi connectivity index (χ2n) is 8.77. The van der Waals surface area contributed by atoms with Gasteiger partial charge in [0.05, 0.1) is 35.5 Å². The first kappa shape index (κ1) is 21.3. The number of rotatable bonds is 4. The molecule has 0 aliphatic carbocycles. The van der Waals surface area contributed by atoms with Gasteiger partial charge in [0.15, 0.2) is 11.5 Å². The fourth-order valence-corrected chi connectivity index (χ4v) is 4.86. The predicted molar refractivity (Wildman–Crippen MR) is 136 cm³/mol. The summed E-state index contributed by atoms with van der Waals surface area (Å²) in [5, 5.41) is 9.58. The molecule has 0 spiro atoms. The van der Waals surface area contributed by atoms with Crippen molar-refractivity contribution in [3.63, 3.8) is 0 Å². The number of aryl methyl sites for hydroxylation is 1. The summed E-state index contributed by atoms with van der Waals surface area (Å²) in [7, 11) is 1.64. The molecule has 5 heterocycles. The van der Waals surface area contributed by atoms with Crippen LogP contribution in [-0.2, 0) is 0 Å². The van der Waals surface area contributed by atoms with E-state index in [1.807, 2.05) is 78.5 Å². The molecule has 180 valence electrons. The zero-order chi connectivity index (χ0) is 24.9. The zero-order valence-electron chi connectivity index (χ0n) is 20.1. The van der Waals surface area contributed by atoms with Crippen molar-refractivity contribution in [3.05, 3.63) is 108 Å². The molecule has 6 aromatic rings. The summed E-state index contributed by atoms with van der Waals surface area (Å²) < 4.78 is 15.3. The standard InChI is InChI=1S/C28H21N7O2/c1-17-22-23(19-7-6-14-29-15-19)24-26-31-25(18-10-12-21(36-2)13-11-18)33-34(26)16-30-27(24)37-28(22)35(32-17)20-8-4-3-5-9-20/h3-16,23H,1-2H3. The Morgan fingerprint density at radius 3 is 2.51 bits per heavy atom. The lowest BCUT2D eigenvalue weighted by atomic mass is 9.85. The zero-order valence-corrected chi connectivity index (χ0v) is 20.1. The van der Waals surface area contributed by atoms with Crippen LogP contribution in [0.2, 0.25) is 0 Å². The average Bonchev–Trinajstić information content (AvgIpc) is 3.54. The van der Waals surface area contributed by atoms with Gasteiger partial charge >= 0.3 is 0 Å². The van der Waals surface area contributed by atoms with Crippen LogP contribution in [0, 0.1) is 6.92 Å². The molecular weight excluding hydrogens is 466 g/mol. The maximum Gasteiger partial charge on any atom is 0.230 e. The molecule has 2 aromatic carbocycles. The van der Waals surface area contributed by atoms with Crippen molar-refractivity contribution in [1.29, 1.82) is 0 Å². The van der Waals surface area contributed by atoms with Crippen LogP contribution in [0.1, 0.15) is 28.3 Å². The summed E-state index contributed by atoms with van der Waals surface area (Å²) in [5.41, 5.74) is 6.08. The molecule has 1 atom stereocenters. The minimum atomic E-state index is -0.242. The average molecular weight is 488 g/mol. The van der Waals surface area contributed by atoms with Crippen LogP contribution in [0.4, 0.5) is 0 Å². The molecule has 0 bridgehead atoms. The Bertz CT molecular complexity index is 1740. The van der Waals surface area contributed by atoms with E-state index in [0.29, 0.717) is 23.2 Å². The second kappa shape index (κ2) is 8.27. The number of fused-ring (bicyclic) bond motifs is 4. The van der Waals surface area contributed by atoms with Crippen LogP contribution in [0.3, 0.4) is 0 Å². The number of methoxy groups -OCH3 is 1. The molecular formula is C28H21N7O2. The summed E-state index contributed by atoms with van der Waals surface area (Å²) >= 11 is 0. The van der Waals surface area contributed by atoms with Gasteiger partial charge in [-0.3, -0.25) is 4.98 Å². The van der Waals surface area contributed by atoms with Crippen LogP contribution in [-0.4, -0.2) is 41.5 Å². The molecule has 9 nitrogen and oxygen atoms in total. The van der Waals surface area contributed by atoms with Gasteiger partial charge < -0.3 is 9.47 Å². The third-order valence-electron chi connectivity index (χ3n) is 6.59. The molecule has 4 aromatic heterocycles. The third kappa shape index (κ3) is 3.35. The largest absolute Gasteiger partial charge is 0.497 e. The van der Waals surface area contributed by atoms with Crippen molar-refractivity contribution in [3.8, 4) is 34.6 Å². The molecule has 0 amide bonds. The van der Waals surface area contributed by atoms with Gasteiger partial charge in [-0.05, 0) is 55.0 Å². The molecule has 0 saturated heterocycles. The van der Waals surface area contributed by atoms with Crippen LogP contribution in [0.5, 0.6) is 17.5 Å². The molecule has 37 heavy (non-hydrogen) atoms. The Balaban J connectivity index is 1.46. The highest BCUT2D eigenvalue weighted by atomic mass is 16.5. The van der Waals surface area contributed by atoms with Gasteiger partial charge in [-0.1, -0.05) is 24.3 Å². The van der Waals surface area contributed by atoms with Gasteiger partial charge in [0, 0.05) is 18.0 Å². The molecule has 1 aliphatic rings. The molecule has 0 fully saturated rings. The Morgan fingerprint density at radius 2 is 1.76 bits per heavy atom. The number of nitrogens with zero attached hydrogens (tertiary/aromatic N) is 7. The first-order valence-corrected chi connectivity index (χ1v) is 11.8. The van der Waals surface area contributed by atoms with Crippen molar-refractivity contribution in [1.82, 2.24) is 34.3 Å². The van der Waals surface area contributed by atoms with Crippen molar-refractivity contribution in [2.45, 2.75) is 12.8 Å². The van der Waals surface area contributed by atoms with Crippen LogP contribution in [0.25, 0.3) is 22.7 Å². The quantitative estimate of drug-likeness (QED) is 0.346. The topological polar surface area (TPSA) is 92.3 Å². The van der Waals surface area contributed by atoms with E-state index in [1.54, 1.807) is 24.1 Å². The van der Waals surface area contributed by atoms with Crippen LogP contribution in [0.15, 0.2) is 85.5 Å². The Hall–Kier alpha value is -5.05. The minimum Gasteiger partial charge on any atom is -0.497 e. The van der Waals surface area contributed by atoms with Crippen LogP contribution >= 0.6 is 0 Å². The molecule has 1 aliphatic heterocycles. The summed E-state index contributed by atoms with van der Waals surface area (Å²) in [6, 6.07) is 21.6. The number of aromatic nitrogens is 7. The smallest absolute Gasteiger partial charge is 0.230 e. The number of ether oxygens (including phenoxy) is 2. The maximum atomic E-state index is 6.46. The fourth-order valence-electron chi connectivity index (χ4n) is 4.86. The van der Waals surface area contributed by atoms with Crippen molar-refractivity contribution in [2.24, 2.45) is 0 Å². The molecule has 0 saturated carbocycles. The molecule has 7 rings (SSSR count). The van der Waals surface area contributed by atoms with E-state index < -0.39 is 0 Å². The highest BCUT2D eigenvalue weighted by Gasteiger charge is 2.38. The number of pyridine rings is 1. The monoisotopic (exact) mass is 487 g/mol. The first-order valence-electron chi connectivity index (χ1n) is 11.8. The van der Waals surface area contributed by atoms with E-state index in [9.17, 15) is 0 Å². The van der Waals surface area contributed by atoms with Gasteiger partial charge in [0.1, 0.15) is 12.1 Å². The van der Waals surface area contributed by atoms with E-state index in [-0.39, 0.29) is 5.92 Å². The number of benzene rings is 2. The summed E-state index contributed by atoms with van der Waals surface area (Å²) in [5.74, 6) is 2.23. The van der Waals surface area contributed by atoms with Crippen molar-refractivity contribution in [2.75, 3.05) is 7.11 Å². The maximum absolute atomic E-state index is 6.46. The van der Waals surface area contributed by atoms with Gasteiger partial charge in [0.25, 0.3) is 0 Å². The van der Waals surface area contributed by atoms with Crippen molar-refractivity contribution < 1.29 is 9.47 Å². The Labute approximate surface area is 212 Å². The van der Waals surface area contributed by atoms with E-state index in [4.69, 9.17) is 24.7 Å². The van der Waals surface area contributed by atoms with Gasteiger partial charge in [-0.2, -0.15) is 5.10 Å². The second-order valence-corrected chi connectivity index (χ2v) is 8.77. The van der Waals surface area contributed by atoms with E-state index >= 15 is 0 Å². The SMILES string of the molecule is COc1ccc(-c2nc3c4c(ncn3n2)Oc2c(c(C)nn2-c2ccccc2)C4c2cccnc2)cc1. The van der Waals surface area contributed by atoms with E-state index in [1.165, 1.54) is 0 Å². The third-order valence-corrected chi connectivity index (χ3v) is 6.59. The van der Waals surface area contributed by atoms with Gasteiger partial charge in [-0.15, -0.1) is 5.10 Å². The number of hydrogen-bond acceptors (Lipinski definition) is 7. The Morgan fingerprint density at radius 1 is 0.919 bits per heavy atom. The normalized spacial score (nSPS) is 14.2. The lowest BCUT2D eigenvalue weighted by molar-refractivity contribution is 0.402. The molecule has 1 unspecified atom stereocenters. The minimum absolute atomic E-state index is 0.242.